The maximum absolute atomic E-state index is 12.3. The maximum atomic E-state index is 12.3. The molecule has 1 aromatic heterocycles. The molecule has 1 amide bonds. The Morgan fingerprint density at radius 3 is 2.59 bits per heavy atom. The Morgan fingerprint density at radius 1 is 1.19 bits per heavy atom. The number of primary amides is 1. The van der Waals surface area contributed by atoms with Crippen LogP contribution in [0.5, 0.6) is 11.5 Å². The first-order valence-corrected chi connectivity index (χ1v) is 9.09. The van der Waals surface area contributed by atoms with Crippen molar-refractivity contribution in [2.75, 3.05) is 13.1 Å². The normalized spacial score (nSPS) is 16.1. The van der Waals surface area contributed by atoms with Crippen molar-refractivity contribution in [2.24, 2.45) is 5.73 Å². The first-order valence-electron chi connectivity index (χ1n) is 9.09. The summed E-state index contributed by atoms with van der Waals surface area (Å²) in [7, 11) is 0. The highest BCUT2D eigenvalue weighted by Gasteiger charge is 2.26. The van der Waals surface area contributed by atoms with Crippen LogP contribution in [0, 0.1) is 0 Å². The minimum absolute atomic E-state index is 0.00101. The van der Waals surface area contributed by atoms with Gasteiger partial charge in [0.15, 0.2) is 5.76 Å². The lowest BCUT2D eigenvalue weighted by atomic mass is 9.91. The Bertz CT molecular complexity index is 871. The molecular weight excluding hydrogens is 348 g/mol. The number of piperidine rings is 1. The number of likely N-dealkylation sites (tertiary alicyclic amines) is 1. The zero-order valence-corrected chi connectivity index (χ0v) is 15.1. The van der Waals surface area contributed by atoms with Crippen molar-refractivity contribution in [3.05, 3.63) is 57.6 Å². The van der Waals surface area contributed by atoms with Crippen LogP contribution >= 0.6 is 0 Å². The molecule has 2 heterocycles. The van der Waals surface area contributed by atoms with Gasteiger partial charge in [-0.15, -0.1) is 0 Å². The summed E-state index contributed by atoms with van der Waals surface area (Å²) in [6.45, 7) is 2.32. The molecule has 1 aliphatic heterocycles. The number of hydrogen-bond acceptors (Lipinski definition) is 6. The number of amides is 1. The van der Waals surface area contributed by atoms with Gasteiger partial charge in [-0.25, -0.2) is 0 Å². The molecule has 0 radical (unpaired) electrons. The summed E-state index contributed by atoms with van der Waals surface area (Å²) in [5, 5.41) is 20.1. The first kappa shape index (κ1) is 19.0. The summed E-state index contributed by atoms with van der Waals surface area (Å²) in [5.74, 6) is -1.46. The van der Waals surface area contributed by atoms with Crippen LogP contribution in [0.15, 0.2) is 39.5 Å². The molecule has 7 heteroatoms. The van der Waals surface area contributed by atoms with E-state index in [4.69, 9.17) is 10.2 Å². The zero-order valence-electron chi connectivity index (χ0n) is 15.1. The van der Waals surface area contributed by atoms with Gasteiger partial charge in [-0.3, -0.25) is 14.5 Å². The molecule has 3 rings (SSSR count). The molecule has 1 aliphatic rings. The number of rotatable bonds is 6. The van der Waals surface area contributed by atoms with E-state index >= 15 is 0 Å². The second kappa shape index (κ2) is 8.26. The first-order chi connectivity index (χ1) is 12.9. The van der Waals surface area contributed by atoms with Gasteiger partial charge in [-0.2, -0.15) is 0 Å². The van der Waals surface area contributed by atoms with Crippen molar-refractivity contribution in [1.82, 2.24) is 4.90 Å². The topological polar surface area (TPSA) is 117 Å². The fourth-order valence-electron chi connectivity index (χ4n) is 3.51. The molecule has 1 fully saturated rings. The van der Waals surface area contributed by atoms with E-state index < -0.39 is 23.0 Å². The standard InChI is InChI=1S/C20H24N2O5/c21-18(25)11-16(13-5-4-6-14(23)9-13)20-19(26)17(24)10-15(27-20)12-22-7-2-1-3-8-22/h4-6,9-10,16,23,26H,1-3,7-8,11-12H2,(H2,21,25). The van der Waals surface area contributed by atoms with Crippen LogP contribution in [0.25, 0.3) is 0 Å². The number of carbonyl (C=O) groups is 1. The molecule has 2 aromatic rings. The third kappa shape index (κ3) is 4.68. The zero-order chi connectivity index (χ0) is 19.4. The van der Waals surface area contributed by atoms with Crippen LogP contribution in [0.3, 0.4) is 0 Å². The van der Waals surface area contributed by atoms with Crippen molar-refractivity contribution < 1.29 is 19.4 Å². The second-order valence-corrected chi connectivity index (χ2v) is 6.94. The Balaban J connectivity index is 1.99. The van der Waals surface area contributed by atoms with E-state index in [0.29, 0.717) is 17.9 Å². The van der Waals surface area contributed by atoms with Crippen LogP contribution in [-0.4, -0.2) is 34.1 Å². The van der Waals surface area contributed by atoms with E-state index in [2.05, 4.69) is 4.90 Å². The molecule has 27 heavy (non-hydrogen) atoms. The molecule has 144 valence electrons. The Morgan fingerprint density at radius 2 is 1.93 bits per heavy atom. The van der Waals surface area contributed by atoms with Gasteiger partial charge >= 0.3 is 0 Å². The van der Waals surface area contributed by atoms with Gasteiger partial charge in [0.2, 0.25) is 17.1 Å². The van der Waals surface area contributed by atoms with E-state index in [1.807, 2.05) is 0 Å². The molecule has 0 spiro atoms. The van der Waals surface area contributed by atoms with E-state index in [1.54, 1.807) is 12.1 Å². The molecule has 7 nitrogen and oxygen atoms in total. The van der Waals surface area contributed by atoms with Crippen LogP contribution < -0.4 is 11.2 Å². The summed E-state index contributed by atoms with van der Waals surface area (Å²) in [6.07, 6.45) is 3.23. The smallest absolute Gasteiger partial charge is 0.227 e. The largest absolute Gasteiger partial charge is 0.508 e. The number of nitrogens with two attached hydrogens (primary N) is 1. The summed E-state index contributed by atoms with van der Waals surface area (Å²) >= 11 is 0. The predicted octanol–water partition coefficient (Wildman–Crippen LogP) is 2.04. The Labute approximate surface area is 157 Å². The van der Waals surface area contributed by atoms with Crippen molar-refractivity contribution >= 4 is 5.91 Å². The summed E-state index contributed by atoms with van der Waals surface area (Å²) < 4.78 is 5.87. The Hall–Kier alpha value is -2.80. The van der Waals surface area contributed by atoms with Gasteiger partial charge in [0.25, 0.3) is 0 Å². The van der Waals surface area contributed by atoms with Crippen molar-refractivity contribution in [3.8, 4) is 11.5 Å². The highest BCUT2D eigenvalue weighted by atomic mass is 16.4. The van der Waals surface area contributed by atoms with Crippen LogP contribution in [0.2, 0.25) is 0 Å². The molecular formula is C20H24N2O5. The monoisotopic (exact) mass is 372 g/mol. The van der Waals surface area contributed by atoms with E-state index in [0.717, 1.165) is 25.9 Å². The van der Waals surface area contributed by atoms with Gasteiger partial charge in [0.05, 0.1) is 12.5 Å². The van der Waals surface area contributed by atoms with Crippen LogP contribution in [-0.2, 0) is 11.3 Å². The van der Waals surface area contributed by atoms with Gasteiger partial charge in [0.1, 0.15) is 11.5 Å². The van der Waals surface area contributed by atoms with Crippen molar-refractivity contribution in [1.29, 1.82) is 0 Å². The van der Waals surface area contributed by atoms with Crippen molar-refractivity contribution in [2.45, 2.75) is 38.1 Å². The molecule has 1 unspecified atom stereocenters. The molecule has 1 saturated heterocycles. The Kier molecular flexibility index (Phi) is 5.81. The van der Waals surface area contributed by atoms with Gasteiger partial charge in [0, 0.05) is 12.5 Å². The maximum Gasteiger partial charge on any atom is 0.227 e. The molecule has 0 aliphatic carbocycles. The molecule has 1 aromatic carbocycles. The van der Waals surface area contributed by atoms with E-state index in [-0.39, 0.29) is 17.9 Å². The SMILES string of the molecule is NC(=O)CC(c1cccc(O)c1)c1oc(CN2CCCCC2)cc(=O)c1O. The number of hydrogen-bond donors (Lipinski definition) is 3. The lowest BCUT2D eigenvalue weighted by Crippen LogP contribution is -2.29. The molecule has 4 N–H and O–H groups in total. The second-order valence-electron chi connectivity index (χ2n) is 6.94. The summed E-state index contributed by atoms with van der Waals surface area (Å²) in [5.41, 5.74) is 5.34. The molecule has 0 bridgehead atoms. The fraction of sp³-hybridized carbons (Fsp3) is 0.400. The number of phenols is 1. The minimum Gasteiger partial charge on any atom is -0.508 e. The van der Waals surface area contributed by atoms with E-state index in [1.165, 1.54) is 24.6 Å². The van der Waals surface area contributed by atoms with E-state index in [9.17, 15) is 19.8 Å². The summed E-state index contributed by atoms with van der Waals surface area (Å²) in [4.78, 5) is 26.1. The quantitative estimate of drug-likeness (QED) is 0.714. The van der Waals surface area contributed by atoms with Crippen LogP contribution in [0.4, 0.5) is 0 Å². The molecule has 0 saturated carbocycles. The lowest BCUT2D eigenvalue weighted by molar-refractivity contribution is -0.118. The minimum atomic E-state index is -0.761. The molecule has 1 atom stereocenters. The van der Waals surface area contributed by atoms with Gasteiger partial charge in [-0.1, -0.05) is 18.6 Å². The average molecular weight is 372 g/mol. The fourth-order valence-corrected chi connectivity index (χ4v) is 3.51. The number of phenolic OH excluding ortho intramolecular Hbond substituents is 1. The predicted molar refractivity (Wildman–Crippen MR) is 99.5 cm³/mol. The number of aromatic hydroxyl groups is 2. The highest BCUT2D eigenvalue weighted by molar-refractivity contribution is 5.75. The average Bonchev–Trinajstić information content (AvgIpc) is 2.63. The summed E-state index contributed by atoms with van der Waals surface area (Å²) in [6, 6.07) is 7.55. The van der Waals surface area contributed by atoms with Crippen molar-refractivity contribution in [3.63, 3.8) is 0 Å². The van der Waals surface area contributed by atoms with Gasteiger partial charge < -0.3 is 20.4 Å². The third-order valence-electron chi connectivity index (χ3n) is 4.82. The van der Waals surface area contributed by atoms with Crippen LogP contribution in [0.1, 0.15) is 48.7 Å². The highest BCUT2D eigenvalue weighted by Crippen LogP contribution is 2.34. The third-order valence-corrected chi connectivity index (χ3v) is 4.82. The number of benzene rings is 1. The number of nitrogens with zero attached hydrogens (tertiary/aromatic N) is 1. The lowest BCUT2D eigenvalue weighted by Gasteiger charge is -2.26. The number of carbonyl (C=O) groups excluding carboxylic acids is 1. The van der Waals surface area contributed by atoms with Gasteiger partial charge in [-0.05, 0) is 43.6 Å².